The molecule has 4 heteroatoms. The van der Waals surface area contributed by atoms with E-state index < -0.39 is 0 Å². The van der Waals surface area contributed by atoms with Crippen LogP contribution in [0.1, 0.15) is 30.0 Å². The Morgan fingerprint density at radius 1 is 1.08 bits per heavy atom. The van der Waals surface area contributed by atoms with Gasteiger partial charge in [0.05, 0.1) is 6.04 Å². The summed E-state index contributed by atoms with van der Waals surface area (Å²) >= 11 is 0. The highest BCUT2D eigenvalue weighted by atomic mass is 15.2. The maximum absolute atomic E-state index is 6.21. The van der Waals surface area contributed by atoms with E-state index in [2.05, 4.69) is 58.5 Å². The first kappa shape index (κ1) is 16.9. The summed E-state index contributed by atoms with van der Waals surface area (Å²) in [5, 5.41) is 5.80. The topological polar surface area (TPSA) is 54.2 Å². The van der Waals surface area contributed by atoms with Gasteiger partial charge in [-0.05, 0) is 50.0 Å². The van der Waals surface area contributed by atoms with Crippen molar-refractivity contribution in [2.45, 2.75) is 25.8 Å². The summed E-state index contributed by atoms with van der Waals surface area (Å²) in [5.74, 6) is 0.915. The normalized spacial score (nSPS) is 16.0. The molecule has 2 aromatic carbocycles. The SMILES string of the molecule is Cc1cnc(NCC(c2ccccc2)N2CCCC2)c2cccc(N)c12. The number of pyridine rings is 1. The van der Waals surface area contributed by atoms with E-state index in [1.54, 1.807) is 0 Å². The maximum Gasteiger partial charge on any atom is 0.133 e. The number of aryl methyl sites for hydroxylation is 1. The molecule has 0 radical (unpaired) electrons. The van der Waals surface area contributed by atoms with Crippen molar-refractivity contribution in [1.29, 1.82) is 0 Å². The third kappa shape index (κ3) is 3.25. The molecule has 3 aromatic rings. The third-order valence-electron chi connectivity index (χ3n) is 5.36. The number of hydrogen-bond donors (Lipinski definition) is 2. The monoisotopic (exact) mass is 346 g/mol. The van der Waals surface area contributed by atoms with Crippen LogP contribution in [0.4, 0.5) is 11.5 Å². The first-order valence-electron chi connectivity index (χ1n) is 9.40. The number of rotatable bonds is 5. The van der Waals surface area contributed by atoms with Crippen LogP contribution in [0.2, 0.25) is 0 Å². The molecule has 1 aliphatic heterocycles. The Morgan fingerprint density at radius 3 is 2.62 bits per heavy atom. The summed E-state index contributed by atoms with van der Waals surface area (Å²) in [6.07, 6.45) is 4.48. The van der Waals surface area contributed by atoms with Crippen molar-refractivity contribution in [3.8, 4) is 0 Å². The molecule has 4 rings (SSSR count). The van der Waals surface area contributed by atoms with Gasteiger partial charge in [0, 0.05) is 29.2 Å². The quantitative estimate of drug-likeness (QED) is 0.674. The van der Waals surface area contributed by atoms with Crippen LogP contribution in [0.3, 0.4) is 0 Å². The van der Waals surface area contributed by atoms with Crippen molar-refractivity contribution in [1.82, 2.24) is 9.88 Å². The van der Waals surface area contributed by atoms with Gasteiger partial charge < -0.3 is 11.1 Å². The van der Waals surface area contributed by atoms with Crippen LogP contribution in [-0.4, -0.2) is 29.5 Å². The predicted octanol–water partition coefficient (Wildman–Crippen LogP) is 4.37. The number of fused-ring (bicyclic) bond motifs is 1. The van der Waals surface area contributed by atoms with E-state index in [4.69, 9.17) is 5.73 Å². The fourth-order valence-corrected chi connectivity index (χ4v) is 4.02. The Bertz CT molecular complexity index is 877. The molecule has 0 aliphatic carbocycles. The molecule has 1 atom stereocenters. The molecule has 1 aliphatic rings. The highest BCUT2D eigenvalue weighted by Gasteiger charge is 2.23. The van der Waals surface area contributed by atoms with Crippen molar-refractivity contribution in [2.75, 3.05) is 30.7 Å². The number of aromatic nitrogens is 1. The molecule has 0 amide bonds. The number of hydrogen-bond acceptors (Lipinski definition) is 4. The number of nitrogens with one attached hydrogen (secondary N) is 1. The first-order chi connectivity index (χ1) is 12.7. The second kappa shape index (κ2) is 7.34. The minimum atomic E-state index is 0.359. The molecular weight excluding hydrogens is 320 g/mol. The number of nitrogen functional groups attached to an aromatic ring is 1. The Hall–Kier alpha value is -2.59. The third-order valence-corrected chi connectivity index (χ3v) is 5.36. The van der Waals surface area contributed by atoms with E-state index >= 15 is 0 Å². The average molecular weight is 346 g/mol. The van der Waals surface area contributed by atoms with E-state index in [0.29, 0.717) is 6.04 Å². The molecule has 3 N–H and O–H groups in total. The predicted molar refractivity (Wildman–Crippen MR) is 109 cm³/mol. The summed E-state index contributed by atoms with van der Waals surface area (Å²) in [5.41, 5.74) is 9.49. The molecule has 1 unspecified atom stereocenters. The molecule has 26 heavy (non-hydrogen) atoms. The van der Waals surface area contributed by atoms with E-state index in [9.17, 15) is 0 Å². The number of likely N-dealkylation sites (tertiary alicyclic amines) is 1. The second-order valence-corrected chi connectivity index (χ2v) is 7.11. The molecule has 0 bridgehead atoms. The second-order valence-electron chi connectivity index (χ2n) is 7.11. The van der Waals surface area contributed by atoms with Gasteiger partial charge in [0.15, 0.2) is 0 Å². The van der Waals surface area contributed by atoms with Crippen molar-refractivity contribution in [3.05, 3.63) is 65.9 Å². The summed E-state index contributed by atoms with van der Waals surface area (Å²) in [7, 11) is 0. The molecule has 1 saturated heterocycles. The van der Waals surface area contributed by atoms with Crippen LogP contribution in [0, 0.1) is 6.92 Å². The molecule has 0 saturated carbocycles. The summed E-state index contributed by atoms with van der Waals surface area (Å²) in [4.78, 5) is 7.23. The van der Waals surface area contributed by atoms with Crippen molar-refractivity contribution in [2.24, 2.45) is 0 Å². The zero-order valence-electron chi connectivity index (χ0n) is 15.3. The van der Waals surface area contributed by atoms with E-state index in [1.807, 2.05) is 18.3 Å². The summed E-state index contributed by atoms with van der Waals surface area (Å²) < 4.78 is 0. The fourth-order valence-electron chi connectivity index (χ4n) is 4.02. The zero-order chi connectivity index (χ0) is 17.9. The summed E-state index contributed by atoms with van der Waals surface area (Å²) in [6.45, 7) is 5.23. The Balaban J connectivity index is 1.63. The minimum absolute atomic E-state index is 0.359. The van der Waals surface area contributed by atoms with Gasteiger partial charge in [-0.25, -0.2) is 4.98 Å². The molecule has 4 nitrogen and oxygen atoms in total. The first-order valence-corrected chi connectivity index (χ1v) is 9.40. The molecule has 1 fully saturated rings. The largest absolute Gasteiger partial charge is 0.398 e. The van der Waals surface area contributed by atoms with E-state index in [0.717, 1.165) is 47.5 Å². The van der Waals surface area contributed by atoms with Crippen LogP contribution >= 0.6 is 0 Å². The zero-order valence-corrected chi connectivity index (χ0v) is 15.3. The van der Waals surface area contributed by atoms with Gasteiger partial charge in [-0.15, -0.1) is 0 Å². The van der Waals surface area contributed by atoms with Gasteiger partial charge in [0.1, 0.15) is 5.82 Å². The lowest BCUT2D eigenvalue weighted by atomic mass is 10.0. The van der Waals surface area contributed by atoms with Gasteiger partial charge in [-0.2, -0.15) is 0 Å². The van der Waals surface area contributed by atoms with E-state index in [1.165, 1.54) is 18.4 Å². The number of anilines is 2. The van der Waals surface area contributed by atoms with Crippen LogP contribution in [0.5, 0.6) is 0 Å². The Labute approximate surface area is 155 Å². The van der Waals surface area contributed by atoms with Crippen LogP contribution in [0.15, 0.2) is 54.7 Å². The number of benzene rings is 2. The lowest BCUT2D eigenvalue weighted by molar-refractivity contribution is 0.256. The lowest BCUT2D eigenvalue weighted by Crippen LogP contribution is -2.31. The Kier molecular flexibility index (Phi) is 4.76. The van der Waals surface area contributed by atoms with Gasteiger partial charge in [-0.1, -0.05) is 42.5 Å². The Morgan fingerprint density at radius 2 is 1.85 bits per heavy atom. The van der Waals surface area contributed by atoms with Crippen LogP contribution in [-0.2, 0) is 0 Å². The van der Waals surface area contributed by atoms with Gasteiger partial charge >= 0.3 is 0 Å². The highest BCUT2D eigenvalue weighted by Crippen LogP contribution is 2.30. The molecule has 0 spiro atoms. The highest BCUT2D eigenvalue weighted by molar-refractivity contribution is 6.01. The van der Waals surface area contributed by atoms with Crippen molar-refractivity contribution >= 4 is 22.3 Å². The van der Waals surface area contributed by atoms with Crippen molar-refractivity contribution in [3.63, 3.8) is 0 Å². The molecule has 134 valence electrons. The summed E-state index contributed by atoms with van der Waals surface area (Å²) in [6, 6.07) is 17.2. The van der Waals surface area contributed by atoms with Gasteiger partial charge in [0.2, 0.25) is 0 Å². The average Bonchev–Trinajstić information content (AvgIpc) is 3.19. The smallest absolute Gasteiger partial charge is 0.133 e. The van der Waals surface area contributed by atoms with Crippen LogP contribution < -0.4 is 11.1 Å². The minimum Gasteiger partial charge on any atom is -0.398 e. The molecule has 2 heterocycles. The van der Waals surface area contributed by atoms with Crippen molar-refractivity contribution < 1.29 is 0 Å². The van der Waals surface area contributed by atoms with E-state index in [-0.39, 0.29) is 0 Å². The standard InChI is InChI=1S/C22H26N4/c1-16-14-24-22(18-10-7-11-19(23)21(16)18)25-15-20(26-12-5-6-13-26)17-8-3-2-4-9-17/h2-4,7-11,14,20H,5-6,12-13,15,23H2,1H3,(H,24,25). The fraction of sp³-hybridized carbons (Fsp3) is 0.318. The number of nitrogens with two attached hydrogens (primary N) is 1. The number of nitrogens with zero attached hydrogens (tertiary/aromatic N) is 2. The van der Waals surface area contributed by atoms with Gasteiger partial charge in [-0.3, -0.25) is 4.90 Å². The van der Waals surface area contributed by atoms with Gasteiger partial charge in [0.25, 0.3) is 0 Å². The molecule has 1 aromatic heterocycles. The van der Waals surface area contributed by atoms with Crippen LogP contribution in [0.25, 0.3) is 10.8 Å². The molecular formula is C22H26N4. The lowest BCUT2D eigenvalue weighted by Gasteiger charge is -2.28. The maximum atomic E-state index is 6.21.